The lowest BCUT2D eigenvalue weighted by atomic mass is 9.85. The van der Waals surface area contributed by atoms with Gasteiger partial charge in [0.1, 0.15) is 6.26 Å². The molecule has 2 N–H and O–H groups in total. The Kier molecular flexibility index (Phi) is 7.39. The highest BCUT2D eigenvalue weighted by atomic mass is 127. The summed E-state index contributed by atoms with van der Waals surface area (Å²) in [5.74, 6) is 1.51. The van der Waals surface area contributed by atoms with E-state index in [1.165, 1.54) is 10.5 Å². The van der Waals surface area contributed by atoms with Crippen molar-refractivity contribution in [3.63, 3.8) is 0 Å². The second-order valence-electron chi connectivity index (χ2n) is 9.04. The van der Waals surface area contributed by atoms with Crippen LogP contribution in [0.25, 0.3) is 11.5 Å². The Balaban J connectivity index is 0.00000274. The Hall–Kier alpha value is -2.69. The number of aliphatic imine (C=N–C) groups is 1. The van der Waals surface area contributed by atoms with Gasteiger partial charge in [-0.05, 0) is 43.7 Å². The third-order valence-corrected chi connectivity index (χ3v) is 6.92. The predicted octanol–water partition coefficient (Wildman–Crippen LogP) is 3.13. The molecular formula is C25H30IN5O3. The molecule has 2 aromatic rings. The number of oxazole rings is 1. The van der Waals surface area contributed by atoms with Crippen LogP contribution in [0, 0.1) is 30.6 Å². The average molecular weight is 575 g/mol. The minimum absolute atomic E-state index is 0. The summed E-state index contributed by atoms with van der Waals surface area (Å²) < 4.78 is 5.60. The van der Waals surface area contributed by atoms with E-state index in [0.717, 1.165) is 17.7 Å². The number of benzene rings is 1. The first-order valence-corrected chi connectivity index (χ1v) is 11.5. The van der Waals surface area contributed by atoms with Gasteiger partial charge in [0, 0.05) is 25.7 Å². The van der Waals surface area contributed by atoms with E-state index in [4.69, 9.17) is 4.42 Å². The predicted molar refractivity (Wildman–Crippen MR) is 139 cm³/mol. The van der Waals surface area contributed by atoms with Crippen molar-refractivity contribution in [2.45, 2.75) is 26.3 Å². The number of hydrogen-bond acceptors (Lipinski definition) is 5. The maximum absolute atomic E-state index is 12.8. The highest BCUT2D eigenvalue weighted by Crippen LogP contribution is 2.52. The van der Waals surface area contributed by atoms with Crippen molar-refractivity contribution in [2.24, 2.45) is 28.7 Å². The number of carbonyl (C=O) groups is 2. The smallest absolute Gasteiger partial charge is 0.233 e. The maximum Gasteiger partial charge on any atom is 0.233 e. The van der Waals surface area contributed by atoms with Gasteiger partial charge >= 0.3 is 0 Å². The Bertz CT molecular complexity index is 1080. The zero-order valence-electron chi connectivity index (χ0n) is 19.4. The molecule has 1 aromatic heterocycles. The lowest BCUT2D eigenvalue weighted by molar-refractivity contribution is -0.140. The molecule has 2 fully saturated rings. The van der Waals surface area contributed by atoms with Crippen LogP contribution in [0.15, 0.2) is 52.1 Å². The van der Waals surface area contributed by atoms with Crippen LogP contribution in [-0.4, -0.2) is 47.8 Å². The van der Waals surface area contributed by atoms with Crippen molar-refractivity contribution in [1.29, 1.82) is 0 Å². The van der Waals surface area contributed by atoms with Crippen LogP contribution >= 0.6 is 24.0 Å². The summed E-state index contributed by atoms with van der Waals surface area (Å²) >= 11 is 0. The summed E-state index contributed by atoms with van der Waals surface area (Å²) in [5, 5.41) is 6.46. The zero-order valence-corrected chi connectivity index (χ0v) is 21.7. The summed E-state index contributed by atoms with van der Waals surface area (Å²) in [4.78, 5) is 35.7. The molecule has 4 unspecified atom stereocenters. The van der Waals surface area contributed by atoms with Crippen molar-refractivity contribution in [2.75, 3.05) is 20.1 Å². The molecule has 2 heterocycles. The van der Waals surface area contributed by atoms with Crippen molar-refractivity contribution >= 4 is 41.8 Å². The van der Waals surface area contributed by atoms with Gasteiger partial charge in [0.2, 0.25) is 17.7 Å². The number of rotatable bonds is 7. The Morgan fingerprint density at radius 3 is 2.44 bits per heavy atom. The van der Waals surface area contributed by atoms with Gasteiger partial charge in [-0.15, -0.1) is 24.0 Å². The van der Waals surface area contributed by atoms with E-state index in [1.54, 1.807) is 13.3 Å². The molecule has 3 aliphatic rings. The monoisotopic (exact) mass is 575 g/mol. The molecule has 1 saturated heterocycles. The molecule has 5 rings (SSSR count). The molecule has 2 amide bonds. The van der Waals surface area contributed by atoms with Gasteiger partial charge in [-0.3, -0.25) is 19.5 Å². The number of imide groups is 1. The molecule has 1 saturated carbocycles. The largest absolute Gasteiger partial charge is 0.444 e. The van der Waals surface area contributed by atoms with Crippen LogP contribution < -0.4 is 10.6 Å². The molecule has 180 valence electrons. The fourth-order valence-corrected chi connectivity index (χ4v) is 5.24. The zero-order chi connectivity index (χ0) is 22.9. The number of hydrogen-bond donors (Lipinski definition) is 2. The lowest BCUT2D eigenvalue weighted by Crippen LogP contribution is -2.39. The molecular weight excluding hydrogens is 545 g/mol. The van der Waals surface area contributed by atoms with E-state index in [9.17, 15) is 9.59 Å². The summed E-state index contributed by atoms with van der Waals surface area (Å²) in [6.45, 7) is 3.55. The number of amides is 2. The van der Waals surface area contributed by atoms with E-state index >= 15 is 0 Å². The fourth-order valence-electron chi connectivity index (χ4n) is 5.24. The number of guanidine groups is 1. The number of aromatic nitrogens is 1. The number of nitrogens with zero attached hydrogens (tertiary/aromatic N) is 3. The summed E-state index contributed by atoms with van der Waals surface area (Å²) in [5.41, 5.74) is 2.90. The van der Waals surface area contributed by atoms with Crippen LogP contribution in [0.2, 0.25) is 0 Å². The van der Waals surface area contributed by atoms with Crippen molar-refractivity contribution in [3.8, 4) is 11.5 Å². The van der Waals surface area contributed by atoms with Gasteiger partial charge in [0.15, 0.2) is 5.96 Å². The van der Waals surface area contributed by atoms with Gasteiger partial charge < -0.3 is 15.1 Å². The first-order valence-electron chi connectivity index (χ1n) is 11.5. The van der Waals surface area contributed by atoms with Crippen molar-refractivity contribution in [3.05, 3.63) is 53.9 Å². The first kappa shape index (κ1) is 24.4. The molecule has 9 heteroatoms. The number of aryl methyl sites for hydroxylation is 1. The standard InChI is InChI=1S/C25H29N5O3.HI/c1-15-4-6-16(7-5-15)22-29-19(14-33-22)13-28-25(26-2)27-10-3-11-30-23(31)20-17-8-9-18(12-17)21(20)24(30)32;/h4-9,14,17-18,20-21H,3,10-13H2,1-2H3,(H2,26,27,28);1H. The maximum atomic E-state index is 12.8. The number of carbonyl (C=O) groups excluding carboxylic acids is 2. The van der Waals surface area contributed by atoms with E-state index in [0.29, 0.717) is 37.9 Å². The topological polar surface area (TPSA) is 99.8 Å². The van der Waals surface area contributed by atoms with Crippen molar-refractivity contribution < 1.29 is 14.0 Å². The SMILES string of the molecule is CN=C(NCCCN1C(=O)C2C3C=CC(C3)C2C1=O)NCc1coc(-c2ccc(C)cc2)n1.I. The third kappa shape index (κ3) is 4.62. The number of allylic oxidation sites excluding steroid dienone is 2. The van der Waals surface area contributed by atoms with Crippen LogP contribution in [-0.2, 0) is 16.1 Å². The molecule has 2 aliphatic carbocycles. The number of nitrogens with one attached hydrogen (secondary N) is 2. The van der Waals surface area contributed by atoms with Crippen LogP contribution in [0.3, 0.4) is 0 Å². The molecule has 34 heavy (non-hydrogen) atoms. The molecule has 2 bridgehead atoms. The molecule has 4 atom stereocenters. The van der Waals surface area contributed by atoms with Crippen LogP contribution in [0.4, 0.5) is 0 Å². The number of halogens is 1. The van der Waals surface area contributed by atoms with E-state index < -0.39 is 0 Å². The highest BCUT2D eigenvalue weighted by molar-refractivity contribution is 14.0. The summed E-state index contributed by atoms with van der Waals surface area (Å²) in [7, 11) is 1.70. The number of likely N-dealkylation sites (tertiary alicyclic amines) is 1. The molecule has 1 aromatic carbocycles. The molecule has 0 spiro atoms. The second kappa shape index (κ2) is 10.3. The normalized spacial score (nSPS) is 25.0. The minimum Gasteiger partial charge on any atom is -0.444 e. The van der Waals surface area contributed by atoms with Crippen molar-refractivity contribution in [1.82, 2.24) is 20.5 Å². The Morgan fingerprint density at radius 1 is 1.12 bits per heavy atom. The molecule has 1 aliphatic heterocycles. The average Bonchev–Trinajstić information content (AvgIpc) is 3.60. The highest BCUT2D eigenvalue weighted by Gasteiger charge is 2.58. The van der Waals surface area contributed by atoms with Gasteiger partial charge in [-0.2, -0.15) is 0 Å². The van der Waals surface area contributed by atoms with Crippen LogP contribution in [0.5, 0.6) is 0 Å². The third-order valence-electron chi connectivity index (χ3n) is 6.92. The van der Waals surface area contributed by atoms with E-state index in [1.807, 2.05) is 31.2 Å². The van der Waals surface area contributed by atoms with Crippen LogP contribution in [0.1, 0.15) is 24.1 Å². The Labute approximate surface area is 216 Å². The van der Waals surface area contributed by atoms with Gasteiger partial charge in [-0.1, -0.05) is 29.8 Å². The van der Waals surface area contributed by atoms with Gasteiger partial charge in [0.25, 0.3) is 0 Å². The van der Waals surface area contributed by atoms with E-state index in [2.05, 4.69) is 32.8 Å². The van der Waals surface area contributed by atoms with E-state index in [-0.39, 0.29) is 59.5 Å². The lowest BCUT2D eigenvalue weighted by Gasteiger charge is -2.17. The summed E-state index contributed by atoms with van der Waals surface area (Å²) in [6, 6.07) is 8.03. The Morgan fingerprint density at radius 2 is 1.79 bits per heavy atom. The summed E-state index contributed by atoms with van der Waals surface area (Å²) in [6.07, 6.45) is 7.51. The second-order valence-corrected chi connectivity index (χ2v) is 9.04. The molecule has 8 nitrogen and oxygen atoms in total. The number of fused-ring (bicyclic) bond motifs is 5. The quantitative estimate of drug-likeness (QED) is 0.132. The first-order chi connectivity index (χ1) is 16.0. The molecule has 0 radical (unpaired) electrons. The van der Waals surface area contributed by atoms with Gasteiger partial charge in [-0.25, -0.2) is 4.98 Å². The van der Waals surface area contributed by atoms with Gasteiger partial charge in [0.05, 0.1) is 24.1 Å². The fraction of sp³-hybridized carbons (Fsp3) is 0.440. The minimum atomic E-state index is -0.123.